The molecule has 1 unspecified atom stereocenters. The van der Waals surface area contributed by atoms with Gasteiger partial charge in [-0.05, 0) is 49.2 Å². The van der Waals surface area contributed by atoms with E-state index < -0.39 is 6.10 Å². The van der Waals surface area contributed by atoms with Crippen molar-refractivity contribution in [2.24, 2.45) is 0 Å². The Kier molecular flexibility index (Phi) is 8.15. The number of ether oxygens (including phenoxy) is 2. The van der Waals surface area contributed by atoms with Crippen LogP contribution >= 0.6 is 0 Å². The number of hydrogen-bond donors (Lipinski definition) is 1. The van der Waals surface area contributed by atoms with E-state index >= 15 is 0 Å². The second-order valence-electron chi connectivity index (χ2n) is 7.37. The zero-order chi connectivity index (χ0) is 19.6. The molecule has 2 aromatic carbocycles. The Hall–Kier alpha value is -2.08. The molecule has 28 heavy (non-hydrogen) atoms. The largest absolute Gasteiger partial charge is 0.497 e. The predicted octanol–water partition coefficient (Wildman–Crippen LogP) is 2.69. The van der Waals surface area contributed by atoms with Crippen LogP contribution in [0.1, 0.15) is 12.0 Å². The lowest BCUT2D eigenvalue weighted by Gasteiger charge is -2.35. The summed E-state index contributed by atoms with van der Waals surface area (Å²) in [6.07, 6.45) is 1.86. The van der Waals surface area contributed by atoms with Crippen LogP contribution < -0.4 is 9.47 Å². The number of benzene rings is 2. The van der Waals surface area contributed by atoms with Crippen LogP contribution in [0.15, 0.2) is 54.6 Å². The second kappa shape index (κ2) is 11.1. The van der Waals surface area contributed by atoms with Crippen LogP contribution in [0.2, 0.25) is 0 Å². The fourth-order valence-electron chi connectivity index (χ4n) is 3.56. The summed E-state index contributed by atoms with van der Waals surface area (Å²) >= 11 is 0. The van der Waals surface area contributed by atoms with Crippen LogP contribution in [0.5, 0.6) is 11.5 Å². The molecule has 1 fully saturated rings. The van der Waals surface area contributed by atoms with Gasteiger partial charge < -0.3 is 19.5 Å². The van der Waals surface area contributed by atoms with Crippen LogP contribution in [0, 0.1) is 0 Å². The molecule has 1 aliphatic heterocycles. The molecule has 0 saturated carbocycles. The summed E-state index contributed by atoms with van der Waals surface area (Å²) in [5, 5.41) is 10.3. The minimum Gasteiger partial charge on any atom is -0.497 e. The lowest BCUT2D eigenvalue weighted by molar-refractivity contribution is 0.0459. The van der Waals surface area contributed by atoms with Gasteiger partial charge in [0.15, 0.2) is 0 Å². The molecule has 2 aromatic rings. The Balaban J connectivity index is 1.29. The predicted molar refractivity (Wildman–Crippen MR) is 112 cm³/mol. The lowest BCUT2D eigenvalue weighted by atomic mass is 10.1. The first-order valence-corrected chi connectivity index (χ1v) is 10.2. The molecule has 0 amide bonds. The minimum absolute atomic E-state index is 0.309. The molecule has 152 valence electrons. The third-order valence-corrected chi connectivity index (χ3v) is 5.22. The van der Waals surface area contributed by atoms with Gasteiger partial charge in [0, 0.05) is 32.7 Å². The molecule has 0 aliphatic carbocycles. The number of aryl methyl sites for hydroxylation is 1. The maximum atomic E-state index is 10.3. The Morgan fingerprint density at radius 1 is 0.893 bits per heavy atom. The number of methoxy groups -OCH3 is 1. The van der Waals surface area contributed by atoms with Crippen molar-refractivity contribution < 1.29 is 14.6 Å². The molecule has 3 rings (SSSR count). The first kappa shape index (κ1) is 20.6. The first-order valence-electron chi connectivity index (χ1n) is 10.2. The van der Waals surface area contributed by atoms with Crippen molar-refractivity contribution in [3.63, 3.8) is 0 Å². The average Bonchev–Trinajstić information content (AvgIpc) is 2.75. The average molecular weight is 385 g/mol. The molecular weight excluding hydrogens is 352 g/mol. The van der Waals surface area contributed by atoms with Crippen LogP contribution in [0.25, 0.3) is 0 Å². The topological polar surface area (TPSA) is 45.2 Å². The van der Waals surface area contributed by atoms with Gasteiger partial charge in [0.05, 0.1) is 7.11 Å². The summed E-state index contributed by atoms with van der Waals surface area (Å²) in [6.45, 7) is 6.26. The van der Waals surface area contributed by atoms with Gasteiger partial charge in [-0.25, -0.2) is 0 Å². The van der Waals surface area contributed by atoms with E-state index in [2.05, 4.69) is 40.1 Å². The van der Waals surface area contributed by atoms with E-state index in [0.717, 1.165) is 50.6 Å². The van der Waals surface area contributed by atoms with Gasteiger partial charge in [0.2, 0.25) is 0 Å². The van der Waals surface area contributed by atoms with E-state index in [1.165, 1.54) is 12.0 Å². The second-order valence-corrected chi connectivity index (χ2v) is 7.37. The quantitative estimate of drug-likeness (QED) is 0.682. The summed E-state index contributed by atoms with van der Waals surface area (Å²) in [4.78, 5) is 4.86. The van der Waals surface area contributed by atoms with Crippen molar-refractivity contribution in [3.8, 4) is 11.5 Å². The number of nitrogens with zero attached hydrogens (tertiary/aromatic N) is 2. The van der Waals surface area contributed by atoms with Crippen LogP contribution in [0.3, 0.4) is 0 Å². The van der Waals surface area contributed by atoms with Crippen molar-refractivity contribution in [2.45, 2.75) is 18.9 Å². The van der Waals surface area contributed by atoms with E-state index in [1.54, 1.807) is 7.11 Å². The SMILES string of the molecule is COc1ccc(OCC(O)CN2CCN(CCCc3ccccc3)CC2)cc1. The highest BCUT2D eigenvalue weighted by Gasteiger charge is 2.19. The van der Waals surface area contributed by atoms with Gasteiger partial charge in [-0.1, -0.05) is 30.3 Å². The minimum atomic E-state index is -0.480. The molecule has 5 heteroatoms. The summed E-state index contributed by atoms with van der Waals surface area (Å²) in [5.41, 5.74) is 1.42. The standard InChI is InChI=1S/C23H32N2O3/c1-27-22-9-11-23(12-10-22)28-19-21(26)18-25-16-14-24(15-17-25)13-5-8-20-6-3-2-4-7-20/h2-4,6-7,9-12,21,26H,5,8,13-19H2,1H3. The van der Waals surface area contributed by atoms with E-state index in [4.69, 9.17) is 9.47 Å². The van der Waals surface area contributed by atoms with Crippen LogP contribution in [-0.2, 0) is 6.42 Å². The summed E-state index contributed by atoms with van der Waals surface area (Å²) < 4.78 is 10.8. The Morgan fingerprint density at radius 2 is 1.54 bits per heavy atom. The number of aliphatic hydroxyl groups excluding tert-OH is 1. The van der Waals surface area contributed by atoms with Crippen LogP contribution in [0.4, 0.5) is 0 Å². The Labute approximate surface area is 168 Å². The molecular formula is C23H32N2O3. The molecule has 1 atom stereocenters. The van der Waals surface area contributed by atoms with Crippen molar-refractivity contribution in [1.29, 1.82) is 0 Å². The number of piperazine rings is 1. The highest BCUT2D eigenvalue weighted by molar-refractivity contribution is 5.31. The Morgan fingerprint density at radius 3 is 2.21 bits per heavy atom. The molecule has 1 aliphatic rings. The van der Waals surface area contributed by atoms with Gasteiger partial charge in [-0.3, -0.25) is 4.90 Å². The van der Waals surface area contributed by atoms with Gasteiger partial charge in [-0.15, -0.1) is 0 Å². The van der Waals surface area contributed by atoms with E-state index in [-0.39, 0.29) is 0 Å². The third kappa shape index (κ3) is 6.82. The fourth-order valence-corrected chi connectivity index (χ4v) is 3.56. The number of β-amino-alcohol motifs (C(OH)–C–C–N with tert-alkyl or cyclic N) is 1. The maximum absolute atomic E-state index is 10.3. The maximum Gasteiger partial charge on any atom is 0.119 e. The molecule has 1 N–H and O–H groups in total. The number of hydrogen-bond acceptors (Lipinski definition) is 5. The highest BCUT2D eigenvalue weighted by Crippen LogP contribution is 2.17. The zero-order valence-corrected chi connectivity index (χ0v) is 16.8. The molecule has 0 radical (unpaired) electrons. The molecule has 0 spiro atoms. The van der Waals surface area contributed by atoms with Gasteiger partial charge in [-0.2, -0.15) is 0 Å². The number of aliphatic hydroxyl groups is 1. The smallest absolute Gasteiger partial charge is 0.119 e. The third-order valence-electron chi connectivity index (χ3n) is 5.22. The summed E-state index contributed by atoms with van der Waals surface area (Å²) in [5.74, 6) is 1.55. The van der Waals surface area contributed by atoms with Crippen LogP contribution in [-0.4, -0.2) is 74.0 Å². The molecule has 5 nitrogen and oxygen atoms in total. The van der Waals surface area contributed by atoms with Crippen molar-refractivity contribution >= 4 is 0 Å². The lowest BCUT2D eigenvalue weighted by Crippen LogP contribution is -2.49. The van der Waals surface area contributed by atoms with Gasteiger partial charge >= 0.3 is 0 Å². The van der Waals surface area contributed by atoms with Gasteiger partial charge in [0.25, 0.3) is 0 Å². The normalized spacial score (nSPS) is 16.6. The van der Waals surface area contributed by atoms with E-state index in [1.807, 2.05) is 24.3 Å². The van der Waals surface area contributed by atoms with Crippen molar-refractivity contribution in [2.75, 3.05) is 53.0 Å². The summed E-state index contributed by atoms with van der Waals surface area (Å²) in [7, 11) is 1.64. The molecule has 1 heterocycles. The Bertz CT molecular complexity index is 670. The fraction of sp³-hybridized carbons (Fsp3) is 0.478. The molecule has 1 saturated heterocycles. The van der Waals surface area contributed by atoms with Gasteiger partial charge in [0.1, 0.15) is 24.2 Å². The first-order chi connectivity index (χ1) is 13.7. The molecule has 0 bridgehead atoms. The zero-order valence-electron chi connectivity index (χ0n) is 16.8. The summed E-state index contributed by atoms with van der Waals surface area (Å²) in [6, 6.07) is 18.1. The monoisotopic (exact) mass is 384 g/mol. The molecule has 0 aromatic heterocycles. The van der Waals surface area contributed by atoms with E-state index in [0.29, 0.717) is 13.2 Å². The van der Waals surface area contributed by atoms with Crippen molar-refractivity contribution in [1.82, 2.24) is 9.80 Å². The van der Waals surface area contributed by atoms with E-state index in [9.17, 15) is 5.11 Å². The van der Waals surface area contributed by atoms with Crippen molar-refractivity contribution in [3.05, 3.63) is 60.2 Å². The highest BCUT2D eigenvalue weighted by atomic mass is 16.5. The number of rotatable bonds is 10.